The van der Waals surface area contributed by atoms with Gasteiger partial charge in [0.05, 0.1) is 26.5 Å². The molecular formula is C21H30O6Si. The molecule has 0 amide bonds. The zero-order valence-corrected chi connectivity index (χ0v) is 18.5. The van der Waals surface area contributed by atoms with Crippen molar-refractivity contribution in [2.24, 2.45) is 0 Å². The SMILES string of the molecule is CCO[Si](OCC)(OCC)c1cc(-c2ccccc2)c(OC)c(OC)c1OC. The predicted molar refractivity (Wildman–Crippen MR) is 112 cm³/mol. The molecule has 0 aliphatic rings. The third kappa shape index (κ3) is 4.33. The molecule has 0 N–H and O–H groups in total. The van der Waals surface area contributed by atoms with Crippen molar-refractivity contribution in [2.75, 3.05) is 41.2 Å². The van der Waals surface area contributed by atoms with Gasteiger partial charge in [-0.05, 0) is 32.4 Å². The Morgan fingerprint density at radius 2 is 1.18 bits per heavy atom. The van der Waals surface area contributed by atoms with Crippen molar-refractivity contribution in [1.82, 2.24) is 0 Å². The molecule has 2 aromatic carbocycles. The molecule has 0 fully saturated rings. The summed E-state index contributed by atoms with van der Waals surface area (Å²) in [5.74, 6) is 1.57. The summed E-state index contributed by atoms with van der Waals surface area (Å²) in [7, 11) is 1.54. The summed E-state index contributed by atoms with van der Waals surface area (Å²) in [5, 5.41) is 0.719. The highest BCUT2D eigenvalue weighted by molar-refractivity contribution is 6.76. The van der Waals surface area contributed by atoms with Crippen LogP contribution in [0.5, 0.6) is 17.2 Å². The molecule has 0 aliphatic heterocycles. The van der Waals surface area contributed by atoms with E-state index in [1.54, 1.807) is 21.3 Å². The number of rotatable bonds is 11. The van der Waals surface area contributed by atoms with Gasteiger partial charge in [-0.3, -0.25) is 0 Å². The molecule has 7 heteroatoms. The maximum atomic E-state index is 6.12. The number of methoxy groups -OCH3 is 3. The Morgan fingerprint density at radius 3 is 1.61 bits per heavy atom. The van der Waals surface area contributed by atoms with Crippen LogP contribution in [0.15, 0.2) is 36.4 Å². The van der Waals surface area contributed by atoms with E-state index >= 15 is 0 Å². The monoisotopic (exact) mass is 406 g/mol. The molecule has 2 aromatic rings. The van der Waals surface area contributed by atoms with Gasteiger partial charge in [0, 0.05) is 25.4 Å². The highest BCUT2D eigenvalue weighted by Crippen LogP contribution is 2.44. The predicted octanol–water partition coefficient (Wildman–Crippen LogP) is 3.63. The van der Waals surface area contributed by atoms with Crippen molar-refractivity contribution in [3.8, 4) is 28.4 Å². The van der Waals surface area contributed by atoms with E-state index in [4.69, 9.17) is 27.5 Å². The smallest absolute Gasteiger partial charge is 0.493 e. The van der Waals surface area contributed by atoms with Crippen molar-refractivity contribution in [1.29, 1.82) is 0 Å². The lowest BCUT2D eigenvalue weighted by molar-refractivity contribution is 0.0852. The first-order valence-electron chi connectivity index (χ1n) is 9.42. The lowest BCUT2D eigenvalue weighted by Crippen LogP contribution is -2.57. The molecule has 0 bridgehead atoms. The van der Waals surface area contributed by atoms with Crippen LogP contribution >= 0.6 is 0 Å². The molecule has 28 heavy (non-hydrogen) atoms. The van der Waals surface area contributed by atoms with Gasteiger partial charge in [0.25, 0.3) is 0 Å². The lowest BCUT2D eigenvalue weighted by atomic mass is 10.0. The van der Waals surface area contributed by atoms with Gasteiger partial charge in [-0.25, -0.2) is 0 Å². The molecule has 0 heterocycles. The quantitative estimate of drug-likeness (QED) is 0.531. The van der Waals surface area contributed by atoms with Gasteiger partial charge in [0.15, 0.2) is 11.5 Å². The number of hydrogen-bond acceptors (Lipinski definition) is 6. The molecule has 0 unspecified atom stereocenters. The second kappa shape index (κ2) is 10.5. The first kappa shape index (κ1) is 22.2. The van der Waals surface area contributed by atoms with Crippen molar-refractivity contribution in [3.05, 3.63) is 36.4 Å². The highest BCUT2D eigenvalue weighted by Gasteiger charge is 2.47. The normalized spacial score (nSPS) is 11.4. The fourth-order valence-corrected chi connectivity index (χ4v) is 5.87. The van der Waals surface area contributed by atoms with Crippen molar-refractivity contribution in [3.63, 3.8) is 0 Å². The Kier molecular flexibility index (Phi) is 8.31. The molecule has 0 saturated heterocycles. The summed E-state index contributed by atoms with van der Waals surface area (Å²) in [4.78, 5) is 0. The Bertz CT molecular complexity index is 733. The Morgan fingerprint density at radius 1 is 0.679 bits per heavy atom. The van der Waals surface area contributed by atoms with E-state index in [0.29, 0.717) is 37.1 Å². The van der Waals surface area contributed by atoms with E-state index in [2.05, 4.69) is 0 Å². The van der Waals surface area contributed by atoms with E-state index in [9.17, 15) is 0 Å². The van der Waals surface area contributed by atoms with Crippen molar-refractivity contribution < 1.29 is 27.5 Å². The fourth-order valence-electron chi connectivity index (χ4n) is 3.20. The van der Waals surface area contributed by atoms with Crippen molar-refractivity contribution in [2.45, 2.75) is 20.8 Å². The molecule has 0 aromatic heterocycles. The highest BCUT2D eigenvalue weighted by atomic mass is 28.4. The second-order valence-electron chi connectivity index (χ2n) is 5.79. The van der Waals surface area contributed by atoms with Gasteiger partial charge >= 0.3 is 8.80 Å². The minimum Gasteiger partial charge on any atom is -0.493 e. The zero-order valence-electron chi connectivity index (χ0n) is 17.5. The van der Waals surface area contributed by atoms with Crippen LogP contribution in [0.3, 0.4) is 0 Å². The summed E-state index contributed by atoms with van der Waals surface area (Å²) in [6, 6.07) is 11.9. The molecular weight excluding hydrogens is 376 g/mol. The fraction of sp³-hybridized carbons (Fsp3) is 0.429. The molecule has 0 spiro atoms. The zero-order chi connectivity index (χ0) is 20.6. The Hall–Kier alpha value is -2.06. The third-order valence-corrected chi connectivity index (χ3v) is 7.26. The summed E-state index contributed by atoms with van der Waals surface area (Å²) >= 11 is 0. The minimum absolute atomic E-state index is 0.449. The molecule has 0 radical (unpaired) electrons. The van der Waals surface area contributed by atoms with Crippen LogP contribution in [0.4, 0.5) is 0 Å². The van der Waals surface area contributed by atoms with E-state index in [-0.39, 0.29) is 0 Å². The van der Waals surface area contributed by atoms with Gasteiger partial charge in [-0.2, -0.15) is 0 Å². The first-order valence-corrected chi connectivity index (χ1v) is 11.1. The molecule has 0 saturated carbocycles. The second-order valence-corrected chi connectivity index (χ2v) is 8.31. The standard InChI is InChI=1S/C21H30O6Si/c1-7-25-28(26-8-2,27-9-3)18-15-17(16-13-11-10-12-14-16)19(22-4)21(24-6)20(18)23-5/h10-15H,7-9H2,1-6H3. The lowest BCUT2D eigenvalue weighted by Gasteiger charge is -2.31. The summed E-state index contributed by atoms with van der Waals surface area (Å²) < 4.78 is 35.5. The van der Waals surface area contributed by atoms with E-state index in [1.165, 1.54) is 0 Å². The molecule has 2 rings (SSSR count). The maximum absolute atomic E-state index is 6.12. The van der Waals surface area contributed by atoms with E-state index in [0.717, 1.165) is 16.3 Å². The summed E-state index contributed by atoms with van der Waals surface area (Å²) in [6.45, 7) is 7.11. The van der Waals surface area contributed by atoms with Gasteiger partial charge in [-0.1, -0.05) is 30.3 Å². The van der Waals surface area contributed by atoms with Crippen LogP contribution in [0.2, 0.25) is 0 Å². The van der Waals surface area contributed by atoms with E-state index < -0.39 is 8.80 Å². The minimum atomic E-state index is -3.25. The number of hydrogen-bond donors (Lipinski definition) is 0. The average Bonchev–Trinajstić information content (AvgIpc) is 2.73. The molecule has 0 atom stereocenters. The van der Waals surface area contributed by atoms with Gasteiger partial charge in [-0.15, -0.1) is 0 Å². The largest absolute Gasteiger partial charge is 0.541 e. The Balaban J connectivity index is 2.88. The van der Waals surface area contributed by atoms with Gasteiger partial charge < -0.3 is 27.5 Å². The van der Waals surface area contributed by atoms with Crippen LogP contribution in [0.25, 0.3) is 11.1 Å². The van der Waals surface area contributed by atoms with Crippen molar-refractivity contribution >= 4 is 14.0 Å². The van der Waals surface area contributed by atoms with Gasteiger partial charge in [0.2, 0.25) is 5.75 Å². The number of benzene rings is 2. The number of ether oxygens (including phenoxy) is 3. The van der Waals surface area contributed by atoms with Crippen LogP contribution in [0, 0.1) is 0 Å². The molecule has 154 valence electrons. The summed E-state index contributed by atoms with van der Waals surface area (Å²) in [5.41, 5.74) is 1.83. The van der Waals surface area contributed by atoms with Crippen LogP contribution < -0.4 is 19.4 Å². The topological polar surface area (TPSA) is 55.4 Å². The van der Waals surface area contributed by atoms with Crippen LogP contribution in [0.1, 0.15) is 20.8 Å². The van der Waals surface area contributed by atoms with Crippen LogP contribution in [-0.2, 0) is 13.3 Å². The van der Waals surface area contributed by atoms with Crippen LogP contribution in [-0.4, -0.2) is 50.0 Å². The summed E-state index contributed by atoms with van der Waals surface area (Å²) in [6.07, 6.45) is 0. The molecule has 6 nitrogen and oxygen atoms in total. The first-order chi connectivity index (χ1) is 13.6. The van der Waals surface area contributed by atoms with E-state index in [1.807, 2.05) is 57.2 Å². The van der Waals surface area contributed by atoms with Gasteiger partial charge in [0.1, 0.15) is 0 Å². The third-order valence-electron chi connectivity index (χ3n) is 4.22. The molecule has 0 aliphatic carbocycles. The Labute approximate surface area is 168 Å². The average molecular weight is 407 g/mol. The maximum Gasteiger partial charge on any atom is 0.541 e.